The number of carbonyl (C=O) groups is 1. The number of benzene rings is 2. The van der Waals surface area contributed by atoms with E-state index in [1.165, 1.54) is 22.9 Å². The van der Waals surface area contributed by atoms with Crippen molar-refractivity contribution in [3.8, 4) is 5.75 Å². The average Bonchev–Trinajstić information content (AvgIpc) is 3.16. The number of amides is 1. The smallest absolute Gasteiger partial charge is 0.234 e. The van der Waals surface area contributed by atoms with Crippen molar-refractivity contribution in [1.82, 2.24) is 14.8 Å². The molecule has 1 N–H and O–H groups in total. The first kappa shape index (κ1) is 22.2. The maximum absolute atomic E-state index is 12.4. The van der Waals surface area contributed by atoms with Crippen molar-refractivity contribution in [2.75, 3.05) is 18.2 Å². The fourth-order valence-corrected chi connectivity index (χ4v) is 4.61. The number of para-hydroxylation sites is 2. The summed E-state index contributed by atoms with van der Waals surface area (Å²) < 4.78 is 7.35. The van der Waals surface area contributed by atoms with Gasteiger partial charge in [-0.1, -0.05) is 53.7 Å². The zero-order chi connectivity index (χ0) is 21.3. The van der Waals surface area contributed by atoms with Gasteiger partial charge in [-0.3, -0.25) is 4.79 Å². The summed E-state index contributed by atoms with van der Waals surface area (Å²) in [5.41, 5.74) is 3.23. The monoisotopic (exact) mass is 442 g/mol. The van der Waals surface area contributed by atoms with Gasteiger partial charge in [0.1, 0.15) is 11.6 Å². The molecule has 0 radical (unpaired) electrons. The number of rotatable bonds is 10. The van der Waals surface area contributed by atoms with Crippen LogP contribution in [-0.4, -0.2) is 33.5 Å². The highest BCUT2D eigenvalue weighted by atomic mass is 32.2. The highest BCUT2D eigenvalue weighted by Gasteiger charge is 2.14. The van der Waals surface area contributed by atoms with Crippen LogP contribution in [0, 0.1) is 6.92 Å². The molecule has 0 spiro atoms. The molecule has 1 amide bonds. The van der Waals surface area contributed by atoms with E-state index < -0.39 is 0 Å². The summed E-state index contributed by atoms with van der Waals surface area (Å²) in [5.74, 6) is 3.43. The number of aromatic nitrogens is 3. The van der Waals surface area contributed by atoms with Crippen LogP contribution in [0.4, 0.5) is 5.69 Å². The van der Waals surface area contributed by atoms with Gasteiger partial charge in [0, 0.05) is 12.3 Å². The van der Waals surface area contributed by atoms with Gasteiger partial charge in [0.2, 0.25) is 5.91 Å². The van der Waals surface area contributed by atoms with Gasteiger partial charge in [0.25, 0.3) is 0 Å². The molecule has 6 nitrogen and oxygen atoms in total. The van der Waals surface area contributed by atoms with E-state index in [2.05, 4.69) is 58.2 Å². The van der Waals surface area contributed by atoms with E-state index >= 15 is 0 Å². The standard InChI is InChI=1S/C22H26N4O2S2/c1-4-26-20(14-29-13-17-11-9-16(2)10-12-17)24-25-22(26)30-15-21(27)23-18-7-5-6-8-19(18)28-3/h5-12H,4,13-15H2,1-3H3,(H,23,27). The molecule has 3 rings (SSSR count). The molecule has 158 valence electrons. The Bertz CT molecular complexity index is 974. The lowest BCUT2D eigenvalue weighted by atomic mass is 10.2. The largest absolute Gasteiger partial charge is 0.495 e. The van der Waals surface area contributed by atoms with Crippen molar-refractivity contribution >= 4 is 35.1 Å². The molecular formula is C22H26N4O2S2. The molecule has 3 aromatic rings. The molecule has 1 heterocycles. The van der Waals surface area contributed by atoms with Crippen LogP contribution >= 0.6 is 23.5 Å². The van der Waals surface area contributed by atoms with Crippen LogP contribution in [-0.2, 0) is 22.8 Å². The number of methoxy groups -OCH3 is 1. The number of ether oxygens (including phenoxy) is 1. The number of hydrogen-bond donors (Lipinski definition) is 1. The Morgan fingerprint density at radius 1 is 1.10 bits per heavy atom. The van der Waals surface area contributed by atoms with Gasteiger partial charge >= 0.3 is 0 Å². The molecule has 2 aromatic carbocycles. The highest BCUT2D eigenvalue weighted by Crippen LogP contribution is 2.25. The van der Waals surface area contributed by atoms with Crippen molar-refractivity contribution < 1.29 is 9.53 Å². The zero-order valence-electron chi connectivity index (χ0n) is 17.4. The Morgan fingerprint density at radius 2 is 1.87 bits per heavy atom. The predicted octanol–water partition coefficient (Wildman–Crippen LogP) is 4.78. The maximum Gasteiger partial charge on any atom is 0.234 e. The van der Waals surface area contributed by atoms with Crippen molar-refractivity contribution in [2.24, 2.45) is 0 Å². The molecular weight excluding hydrogens is 416 g/mol. The molecule has 0 aliphatic heterocycles. The molecule has 0 bridgehead atoms. The first-order valence-electron chi connectivity index (χ1n) is 9.71. The van der Waals surface area contributed by atoms with Crippen LogP contribution in [0.3, 0.4) is 0 Å². The number of aryl methyl sites for hydroxylation is 1. The molecule has 0 atom stereocenters. The molecule has 0 aliphatic rings. The second kappa shape index (κ2) is 11.1. The second-order valence-corrected chi connectivity index (χ2v) is 8.59. The van der Waals surface area contributed by atoms with E-state index in [0.717, 1.165) is 29.0 Å². The number of nitrogens with zero attached hydrogens (tertiary/aromatic N) is 3. The summed E-state index contributed by atoms with van der Waals surface area (Å²) >= 11 is 3.20. The van der Waals surface area contributed by atoms with Crippen LogP contribution in [0.5, 0.6) is 5.75 Å². The van der Waals surface area contributed by atoms with Gasteiger partial charge in [-0.25, -0.2) is 0 Å². The van der Waals surface area contributed by atoms with Crippen LogP contribution < -0.4 is 10.1 Å². The van der Waals surface area contributed by atoms with Gasteiger partial charge in [0.15, 0.2) is 5.16 Å². The van der Waals surface area contributed by atoms with Gasteiger partial charge < -0.3 is 14.6 Å². The zero-order valence-corrected chi connectivity index (χ0v) is 19.1. The number of hydrogen-bond acceptors (Lipinski definition) is 6. The predicted molar refractivity (Wildman–Crippen MR) is 124 cm³/mol. The van der Waals surface area contributed by atoms with E-state index in [4.69, 9.17) is 4.74 Å². The number of carbonyl (C=O) groups excluding carboxylic acids is 1. The SMILES string of the molecule is CCn1c(CSCc2ccc(C)cc2)nnc1SCC(=O)Nc1ccccc1OC. The summed E-state index contributed by atoms with van der Waals surface area (Å²) in [7, 11) is 1.59. The molecule has 0 aliphatic carbocycles. The molecule has 1 aromatic heterocycles. The van der Waals surface area contributed by atoms with E-state index in [1.807, 2.05) is 36.0 Å². The van der Waals surface area contributed by atoms with Crippen molar-refractivity contribution in [2.45, 2.75) is 37.1 Å². The van der Waals surface area contributed by atoms with Crippen LogP contribution in [0.25, 0.3) is 0 Å². The highest BCUT2D eigenvalue weighted by molar-refractivity contribution is 7.99. The third-order valence-corrected chi connectivity index (χ3v) is 6.41. The number of thioether (sulfide) groups is 2. The van der Waals surface area contributed by atoms with Crippen molar-refractivity contribution in [3.63, 3.8) is 0 Å². The lowest BCUT2D eigenvalue weighted by molar-refractivity contribution is -0.113. The number of nitrogens with one attached hydrogen (secondary N) is 1. The summed E-state index contributed by atoms with van der Waals surface area (Å²) in [6, 6.07) is 16.0. The van der Waals surface area contributed by atoms with Crippen LogP contribution in [0.15, 0.2) is 53.7 Å². The van der Waals surface area contributed by atoms with Crippen molar-refractivity contribution in [1.29, 1.82) is 0 Å². The van der Waals surface area contributed by atoms with Gasteiger partial charge in [-0.15, -0.1) is 22.0 Å². The molecule has 0 fully saturated rings. The Morgan fingerprint density at radius 3 is 2.60 bits per heavy atom. The minimum absolute atomic E-state index is 0.106. The van der Waals surface area contributed by atoms with E-state index in [0.29, 0.717) is 11.4 Å². The molecule has 0 saturated heterocycles. The molecule has 0 saturated carbocycles. The Balaban J connectivity index is 1.53. The van der Waals surface area contributed by atoms with Crippen molar-refractivity contribution in [3.05, 3.63) is 65.5 Å². The van der Waals surface area contributed by atoms with Gasteiger partial charge in [-0.05, 0) is 31.5 Å². The molecule has 8 heteroatoms. The second-order valence-electron chi connectivity index (χ2n) is 6.66. The van der Waals surface area contributed by atoms with Crippen LogP contribution in [0.2, 0.25) is 0 Å². The fraction of sp³-hybridized carbons (Fsp3) is 0.318. The third-order valence-electron chi connectivity index (χ3n) is 4.44. The Kier molecular flexibility index (Phi) is 8.21. The van der Waals surface area contributed by atoms with Gasteiger partial charge in [0.05, 0.1) is 24.3 Å². The minimum atomic E-state index is -0.106. The lowest BCUT2D eigenvalue weighted by Crippen LogP contribution is -2.15. The van der Waals surface area contributed by atoms with E-state index in [9.17, 15) is 4.79 Å². The van der Waals surface area contributed by atoms with E-state index in [1.54, 1.807) is 7.11 Å². The normalized spacial score (nSPS) is 10.8. The molecule has 30 heavy (non-hydrogen) atoms. The summed E-state index contributed by atoms with van der Waals surface area (Å²) in [6.07, 6.45) is 0. The third kappa shape index (κ3) is 6.03. The average molecular weight is 443 g/mol. The Hall–Kier alpha value is -2.45. The fourth-order valence-electron chi connectivity index (χ4n) is 2.86. The number of anilines is 1. The summed E-state index contributed by atoms with van der Waals surface area (Å²) in [4.78, 5) is 12.4. The quantitative estimate of drug-likeness (QED) is 0.456. The lowest BCUT2D eigenvalue weighted by Gasteiger charge is -2.10. The van der Waals surface area contributed by atoms with E-state index in [-0.39, 0.29) is 11.7 Å². The maximum atomic E-state index is 12.4. The minimum Gasteiger partial charge on any atom is -0.495 e. The van der Waals surface area contributed by atoms with Gasteiger partial charge in [-0.2, -0.15) is 0 Å². The summed E-state index contributed by atoms with van der Waals surface area (Å²) in [6.45, 7) is 4.93. The topological polar surface area (TPSA) is 69.0 Å². The first-order valence-corrected chi connectivity index (χ1v) is 11.9. The summed E-state index contributed by atoms with van der Waals surface area (Å²) in [5, 5.41) is 12.3. The van der Waals surface area contributed by atoms with Crippen LogP contribution in [0.1, 0.15) is 23.9 Å². The first-order chi connectivity index (χ1) is 14.6. The Labute approximate surface area is 185 Å². The molecule has 0 unspecified atom stereocenters.